The maximum atomic E-state index is 8.45. The van der Waals surface area contributed by atoms with E-state index in [1.54, 1.807) is 0 Å². The highest BCUT2D eigenvalue weighted by Crippen LogP contribution is 2.21. The molecule has 0 spiro atoms. The molecule has 3 nitrogen and oxygen atoms in total. The molecule has 0 heterocycles. The van der Waals surface area contributed by atoms with Crippen LogP contribution in [0.2, 0.25) is 0 Å². The number of hydrogen-bond donors (Lipinski definition) is 1. The number of nitriles is 1. The van der Waals surface area contributed by atoms with Crippen LogP contribution in [0.15, 0.2) is 24.3 Å². The van der Waals surface area contributed by atoms with Gasteiger partial charge in [0.05, 0.1) is 12.7 Å². The van der Waals surface area contributed by atoms with Gasteiger partial charge in [0, 0.05) is 24.7 Å². The third kappa shape index (κ3) is 7.35. The van der Waals surface area contributed by atoms with Crippen LogP contribution in [-0.2, 0) is 0 Å². The molecule has 0 aliphatic rings. The van der Waals surface area contributed by atoms with Crippen molar-refractivity contribution < 1.29 is 4.74 Å². The van der Waals surface area contributed by atoms with E-state index in [4.69, 9.17) is 10.00 Å². The van der Waals surface area contributed by atoms with E-state index in [0.717, 1.165) is 30.8 Å². The molecule has 0 radical (unpaired) electrons. The van der Waals surface area contributed by atoms with E-state index >= 15 is 0 Å². The van der Waals surface area contributed by atoms with Crippen molar-refractivity contribution in [3.8, 4) is 11.8 Å². The lowest BCUT2D eigenvalue weighted by atomic mass is 9.92. The number of nitrogens with one attached hydrogen (secondary N) is 1. The summed E-state index contributed by atoms with van der Waals surface area (Å²) in [6.07, 6.45) is 2.45. The fourth-order valence-electron chi connectivity index (χ4n) is 1.62. The third-order valence-corrected chi connectivity index (χ3v) is 2.74. The van der Waals surface area contributed by atoms with Crippen LogP contribution in [0.4, 0.5) is 5.69 Å². The molecule has 104 valence electrons. The number of anilines is 1. The van der Waals surface area contributed by atoms with E-state index in [0.29, 0.717) is 18.4 Å². The first kappa shape index (κ1) is 15.4. The number of ether oxygens (including phenoxy) is 1. The Bertz CT molecular complexity index is 415. The zero-order valence-corrected chi connectivity index (χ0v) is 12.2. The molecule has 0 aromatic heterocycles. The molecule has 0 unspecified atom stereocenters. The highest BCUT2D eigenvalue weighted by molar-refractivity contribution is 5.48. The molecule has 0 aliphatic carbocycles. The maximum absolute atomic E-state index is 8.45. The Hall–Kier alpha value is -1.69. The van der Waals surface area contributed by atoms with Gasteiger partial charge in [0.15, 0.2) is 0 Å². The second-order valence-corrected chi connectivity index (χ2v) is 5.88. The van der Waals surface area contributed by atoms with Crippen molar-refractivity contribution in [3.05, 3.63) is 24.3 Å². The Balaban J connectivity index is 2.37. The first-order valence-electron chi connectivity index (χ1n) is 6.85. The topological polar surface area (TPSA) is 45.0 Å². The van der Waals surface area contributed by atoms with Crippen LogP contribution in [0.3, 0.4) is 0 Å². The first-order valence-corrected chi connectivity index (χ1v) is 6.85. The molecule has 1 rings (SSSR count). The predicted octanol–water partition coefficient (Wildman–Crippen LogP) is 4.22. The SMILES string of the molecule is CC(C)(C)CCNc1cccc(OCCCC#N)c1. The van der Waals surface area contributed by atoms with E-state index < -0.39 is 0 Å². The number of rotatable bonds is 7. The van der Waals surface area contributed by atoms with Gasteiger partial charge in [-0.2, -0.15) is 5.26 Å². The van der Waals surface area contributed by atoms with Crippen LogP contribution >= 0.6 is 0 Å². The fourth-order valence-corrected chi connectivity index (χ4v) is 1.62. The number of nitrogens with zero attached hydrogens (tertiary/aromatic N) is 1. The van der Waals surface area contributed by atoms with Gasteiger partial charge in [-0.05, 0) is 30.4 Å². The van der Waals surface area contributed by atoms with Gasteiger partial charge in [-0.15, -0.1) is 0 Å². The molecule has 0 amide bonds. The lowest BCUT2D eigenvalue weighted by Crippen LogP contribution is -2.12. The van der Waals surface area contributed by atoms with E-state index in [1.807, 2.05) is 24.3 Å². The molecule has 0 saturated heterocycles. The number of hydrogen-bond acceptors (Lipinski definition) is 3. The summed E-state index contributed by atoms with van der Waals surface area (Å²) in [6, 6.07) is 10.1. The summed E-state index contributed by atoms with van der Waals surface area (Å²) in [5, 5.41) is 11.9. The zero-order chi connectivity index (χ0) is 14.1. The molecule has 0 bridgehead atoms. The van der Waals surface area contributed by atoms with Crippen LogP contribution in [0.25, 0.3) is 0 Å². The minimum Gasteiger partial charge on any atom is -0.493 e. The second-order valence-electron chi connectivity index (χ2n) is 5.88. The quantitative estimate of drug-likeness (QED) is 0.747. The van der Waals surface area contributed by atoms with Crippen molar-refractivity contribution in [1.82, 2.24) is 0 Å². The third-order valence-electron chi connectivity index (χ3n) is 2.74. The van der Waals surface area contributed by atoms with Crippen LogP contribution in [0.1, 0.15) is 40.0 Å². The summed E-state index contributed by atoms with van der Waals surface area (Å²) in [4.78, 5) is 0. The Kier molecular flexibility index (Phi) is 6.21. The summed E-state index contributed by atoms with van der Waals surface area (Å²) in [5.74, 6) is 0.860. The molecule has 3 heteroatoms. The van der Waals surface area contributed by atoms with Crippen molar-refractivity contribution in [3.63, 3.8) is 0 Å². The first-order chi connectivity index (χ1) is 9.01. The Morgan fingerprint density at radius 3 is 2.79 bits per heavy atom. The summed E-state index contributed by atoms with van der Waals surface area (Å²) >= 11 is 0. The largest absolute Gasteiger partial charge is 0.493 e. The van der Waals surface area contributed by atoms with Crippen molar-refractivity contribution >= 4 is 5.69 Å². The minimum atomic E-state index is 0.346. The second kappa shape index (κ2) is 7.68. The van der Waals surface area contributed by atoms with Crippen LogP contribution in [0.5, 0.6) is 5.75 Å². The smallest absolute Gasteiger partial charge is 0.121 e. The van der Waals surface area contributed by atoms with Crippen LogP contribution < -0.4 is 10.1 Å². The standard InChI is InChI=1S/C16H24N2O/c1-16(2,3)9-11-18-14-7-6-8-15(13-14)19-12-5-4-10-17/h6-8,13,18H,4-5,9,11-12H2,1-3H3. The van der Waals surface area contributed by atoms with Crippen LogP contribution in [0, 0.1) is 16.7 Å². The number of benzene rings is 1. The van der Waals surface area contributed by atoms with Gasteiger partial charge in [0.25, 0.3) is 0 Å². The molecular weight excluding hydrogens is 236 g/mol. The molecule has 0 fully saturated rings. The predicted molar refractivity (Wildman–Crippen MR) is 79.3 cm³/mol. The molecule has 1 N–H and O–H groups in total. The Morgan fingerprint density at radius 1 is 1.32 bits per heavy atom. The number of unbranched alkanes of at least 4 members (excludes halogenated alkanes) is 1. The van der Waals surface area contributed by atoms with E-state index in [9.17, 15) is 0 Å². The van der Waals surface area contributed by atoms with Crippen LogP contribution in [-0.4, -0.2) is 13.2 Å². The van der Waals surface area contributed by atoms with Crippen molar-refractivity contribution in [1.29, 1.82) is 5.26 Å². The Morgan fingerprint density at radius 2 is 2.11 bits per heavy atom. The molecular formula is C16H24N2O. The fraction of sp³-hybridized carbons (Fsp3) is 0.562. The Labute approximate surface area is 116 Å². The molecule has 1 aromatic rings. The monoisotopic (exact) mass is 260 g/mol. The highest BCUT2D eigenvalue weighted by atomic mass is 16.5. The normalized spacial score (nSPS) is 10.8. The molecule has 1 aromatic carbocycles. The zero-order valence-electron chi connectivity index (χ0n) is 12.2. The molecule has 0 atom stereocenters. The van der Waals surface area contributed by atoms with Gasteiger partial charge in [0.1, 0.15) is 5.75 Å². The van der Waals surface area contributed by atoms with E-state index in [2.05, 4.69) is 32.2 Å². The van der Waals surface area contributed by atoms with Gasteiger partial charge in [-0.3, -0.25) is 0 Å². The minimum absolute atomic E-state index is 0.346. The van der Waals surface area contributed by atoms with Gasteiger partial charge < -0.3 is 10.1 Å². The van der Waals surface area contributed by atoms with Crippen molar-refractivity contribution in [2.45, 2.75) is 40.0 Å². The average molecular weight is 260 g/mol. The van der Waals surface area contributed by atoms with Gasteiger partial charge in [-0.25, -0.2) is 0 Å². The maximum Gasteiger partial charge on any atom is 0.121 e. The molecule has 0 aliphatic heterocycles. The summed E-state index contributed by atoms with van der Waals surface area (Å²) in [7, 11) is 0. The average Bonchev–Trinajstić information content (AvgIpc) is 2.34. The summed E-state index contributed by atoms with van der Waals surface area (Å²) in [5.41, 5.74) is 1.43. The summed E-state index contributed by atoms with van der Waals surface area (Å²) in [6.45, 7) is 8.27. The van der Waals surface area contributed by atoms with Gasteiger partial charge >= 0.3 is 0 Å². The van der Waals surface area contributed by atoms with E-state index in [1.165, 1.54) is 0 Å². The lowest BCUT2D eigenvalue weighted by molar-refractivity contribution is 0.313. The van der Waals surface area contributed by atoms with Gasteiger partial charge in [0.2, 0.25) is 0 Å². The lowest BCUT2D eigenvalue weighted by Gasteiger charge is -2.18. The highest BCUT2D eigenvalue weighted by Gasteiger charge is 2.08. The molecule has 19 heavy (non-hydrogen) atoms. The van der Waals surface area contributed by atoms with Gasteiger partial charge in [-0.1, -0.05) is 26.8 Å². The summed E-state index contributed by atoms with van der Waals surface area (Å²) < 4.78 is 5.60. The van der Waals surface area contributed by atoms with E-state index in [-0.39, 0.29) is 0 Å². The van der Waals surface area contributed by atoms with Crippen molar-refractivity contribution in [2.24, 2.45) is 5.41 Å². The van der Waals surface area contributed by atoms with Crippen molar-refractivity contribution in [2.75, 3.05) is 18.5 Å². The molecule has 0 saturated carbocycles.